The second-order valence-electron chi connectivity index (χ2n) is 3.71. The number of thiazole rings is 1. The summed E-state index contributed by atoms with van der Waals surface area (Å²) in [4.78, 5) is 17.7. The van der Waals surface area contributed by atoms with E-state index in [2.05, 4.69) is 4.98 Å². The summed E-state index contributed by atoms with van der Waals surface area (Å²) in [5.74, 6) is -0.107. The second kappa shape index (κ2) is 5.16. The van der Waals surface area contributed by atoms with Crippen LogP contribution in [-0.4, -0.2) is 23.0 Å². The van der Waals surface area contributed by atoms with Crippen molar-refractivity contribution in [2.75, 3.05) is 11.9 Å². The van der Waals surface area contributed by atoms with E-state index in [1.807, 2.05) is 0 Å². The van der Waals surface area contributed by atoms with Crippen molar-refractivity contribution >= 4 is 22.9 Å². The van der Waals surface area contributed by atoms with Crippen molar-refractivity contribution in [1.29, 1.82) is 0 Å². The van der Waals surface area contributed by atoms with Gasteiger partial charge in [-0.05, 0) is 12.1 Å². The molecule has 1 heterocycles. The van der Waals surface area contributed by atoms with Gasteiger partial charge in [-0.25, -0.2) is 4.98 Å². The second-order valence-corrected chi connectivity index (χ2v) is 4.66. The summed E-state index contributed by atoms with van der Waals surface area (Å²) in [5.41, 5.74) is 6.44. The largest absolute Gasteiger partial charge is 0.508 e. The molecule has 0 aliphatic heterocycles. The summed E-state index contributed by atoms with van der Waals surface area (Å²) >= 11 is 1.36. The zero-order valence-corrected chi connectivity index (χ0v) is 10.6. The molecule has 0 saturated heterocycles. The summed E-state index contributed by atoms with van der Waals surface area (Å²) < 4.78 is 0. The molecule has 94 valence electrons. The van der Waals surface area contributed by atoms with Crippen LogP contribution in [-0.2, 0) is 6.54 Å². The lowest BCUT2D eigenvalue weighted by Gasteiger charge is -2.16. The summed E-state index contributed by atoms with van der Waals surface area (Å²) in [6, 6.07) is 6.50. The number of hydrogen-bond donors (Lipinski definition) is 2. The van der Waals surface area contributed by atoms with E-state index in [1.54, 1.807) is 30.6 Å². The molecule has 0 radical (unpaired) electrons. The van der Waals surface area contributed by atoms with Gasteiger partial charge in [0.2, 0.25) is 0 Å². The molecule has 0 bridgehead atoms. The molecule has 2 aromatic rings. The summed E-state index contributed by atoms with van der Waals surface area (Å²) in [7, 11) is 1.64. The van der Waals surface area contributed by atoms with Crippen molar-refractivity contribution in [3.63, 3.8) is 0 Å². The van der Waals surface area contributed by atoms with Gasteiger partial charge in [0, 0.05) is 30.7 Å². The number of anilines is 1. The van der Waals surface area contributed by atoms with Crippen LogP contribution in [0.5, 0.6) is 5.75 Å². The zero-order valence-electron chi connectivity index (χ0n) is 9.83. The number of phenolic OH excluding ortho intramolecular Hbond substituents is 1. The summed E-state index contributed by atoms with van der Waals surface area (Å²) in [5, 5.41) is 11.8. The molecule has 3 N–H and O–H groups in total. The van der Waals surface area contributed by atoms with Gasteiger partial charge in [-0.15, -0.1) is 11.3 Å². The van der Waals surface area contributed by atoms with E-state index < -0.39 is 0 Å². The van der Waals surface area contributed by atoms with Crippen molar-refractivity contribution in [1.82, 2.24) is 4.98 Å². The predicted octanol–water partition coefficient (Wildman–Crippen LogP) is 1.58. The van der Waals surface area contributed by atoms with Gasteiger partial charge in [0.05, 0.1) is 0 Å². The van der Waals surface area contributed by atoms with Crippen LogP contribution in [0.25, 0.3) is 0 Å². The highest BCUT2D eigenvalue weighted by Crippen LogP contribution is 2.21. The average molecular weight is 263 g/mol. The predicted molar refractivity (Wildman–Crippen MR) is 70.8 cm³/mol. The van der Waals surface area contributed by atoms with Crippen LogP contribution in [0.15, 0.2) is 29.6 Å². The minimum absolute atomic E-state index is 0.119. The van der Waals surface area contributed by atoms with Gasteiger partial charge < -0.3 is 15.7 Å². The fourth-order valence-electron chi connectivity index (χ4n) is 1.49. The molecule has 0 saturated carbocycles. The molecule has 6 heteroatoms. The number of amides is 1. The Morgan fingerprint density at radius 1 is 1.56 bits per heavy atom. The maximum absolute atomic E-state index is 12.1. The lowest BCUT2D eigenvalue weighted by Crippen LogP contribution is -2.26. The molecule has 5 nitrogen and oxygen atoms in total. The zero-order chi connectivity index (χ0) is 13.1. The van der Waals surface area contributed by atoms with E-state index in [0.717, 1.165) is 5.01 Å². The van der Waals surface area contributed by atoms with Crippen LogP contribution >= 0.6 is 11.3 Å². The molecule has 0 aliphatic carbocycles. The molecule has 2 rings (SSSR count). The van der Waals surface area contributed by atoms with Crippen molar-refractivity contribution in [2.24, 2.45) is 5.73 Å². The number of carbonyl (C=O) groups excluding carboxylic acids is 1. The Balaban J connectivity index is 2.23. The quantitative estimate of drug-likeness (QED) is 0.881. The number of aromatic hydroxyl groups is 1. The number of phenols is 1. The van der Waals surface area contributed by atoms with Crippen LogP contribution in [0.4, 0.5) is 5.69 Å². The van der Waals surface area contributed by atoms with Crippen LogP contribution in [0.1, 0.15) is 15.5 Å². The molecular weight excluding hydrogens is 250 g/mol. The fraction of sp³-hybridized carbons (Fsp3) is 0.167. The maximum atomic E-state index is 12.1. The van der Waals surface area contributed by atoms with E-state index in [9.17, 15) is 9.90 Å². The third-order valence-electron chi connectivity index (χ3n) is 2.47. The molecule has 1 amide bonds. The van der Waals surface area contributed by atoms with Gasteiger partial charge in [-0.1, -0.05) is 6.07 Å². The average Bonchev–Trinajstić information content (AvgIpc) is 2.85. The van der Waals surface area contributed by atoms with E-state index in [4.69, 9.17) is 5.73 Å². The molecule has 1 aromatic carbocycles. The highest BCUT2D eigenvalue weighted by molar-refractivity contribution is 7.09. The molecule has 0 atom stereocenters. The standard InChI is InChI=1S/C12H13N3O2S/c1-15(8-3-2-4-9(16)5-8)12(17)10-7-18-11(6-13)14-10/h2-5,7,16H,6,13H2,1H3. The Labute approximate surface area is 108 Å². The number of aromatic nitrogens is 1. The first-order valence-electron chi connectivity index (χ1n) is 5.33. The van der Waals surface area contributed by atoms with Crippen LogP contribution in [0.2, 0.25) is 0 Å². The molecule has 18 heavy (non-hydrogen) atoms. The Morgan fingerprint density at radius 3 is 2.94 bits per heavy atom. The van der Waals surface area contributed by atoms with E-state index in [-0.39, 0.29) is 11.7 Å². The molecule has 0 spiro atoms. The van der Waals surface area contributed by atoms with Gasteiger partial charge >= 0.3 is 0 Å². The van der Waals surface area contributed by atoms with Crippen LogP contribution in [0, 0.1) is 0 Å². The first kappa shape index (κ1) is 12.5. The number of nitrogens with zero attached hydrogens (tertiary/aromatic N) is 2. The Hall–Kier alpha value is -1.92. The molecule has 1 aromatic heterocycles. The van der Waals surface area contributed by atoms with Crippen molar-refractivity contribution < 1.29 is 9.90 Å². The van der Waals surface area contributed by atoms with Crippen LogP contribution < -0.4 is 10.6 Å². The van der Waals surface area contributed by atoms with E-state index in [1.165, 1.54) is 22.3 Å². The normalized spacial score (nSPS) is 10.3. The van der Waals surface area contributed by atoms with Crippen molar-refractivity contribution in [3.8, 4) is 5.75 Å². The number of benzene rings is 1. The fourth-order valence-corrected chi connectivity index (χ4v) is 2.14. The Bertz CT molecular complexity index is 568. The minimum atomic E-state index is -0.225. The topological polar surface area (TPSA) is 79.5 Å². The number of nitrogens with two attached hydrogens (primary N) is 1. The highest BCUT2D eigenvalue weighted by Gasteiger charge is 2.16. The van der Waals surface area contributed by atoms with Gasteiger partial charge in [0.25, 0.3) is 5.91 Å². The monoisotopic (exact) mass is 263 g/mol. The first-order chi connectivity index (χ1) is 8.61. The molecule has 0 aliphatic rings. The molecule has 0 fully saturated rings. The van der Waals surface area contributed by atoms with E-state index >= 15 is 0 Å². The van der Waals surface area contributed by atoms with E-state index in [0.29, 0.717) is 17.9 Å². The number of rotatable bonds is 3. The summed E-state index contributed by atoms with van der Waals surface area (Å²) in [6.45, 7) is 0.327. The minimum Gasteiger partial charge on any atom is -0.508 e. The lowest BCUT2D eigenvalue weighted by atomic mass is 10.2. The number of carbonyl (C=O) groups is 1. The molecule has 0 unspecified atom stereocenters. The lowest BCUT2D eigenvalue weighted by molar-refractivity contribution is 0.0989. The van der Waals surface area contributed by atoms with Gasteiger partial charge in [0.15, 0.2) is 0 Å². The third-order valence-corrected chi connectivity index (χ3v) is 3.34. The maximum Gasteiger partial charge on any atom is 0.277 e. The highest BCUT2D eigenvalue weighted by atomic mass is 32.1. The van der Waals surface area contributed by atoms with Gasteiger partial charge in [-0.2, -0.15) is 0 Å². The van der Waals surface area contributed by atoms with Gasteiger partial charge in [-0.3, -0.25) is 4.79 Å². The summed E-state index contributed by atoms with van der Waals surface area (Å²) in [6.07, 6.45) is 0. The first-order valence-corrected chi connectivity index (χ1v) is 6.21. The van der Waals surface area contributed by atoms with Crippen LogP contribution in [0.3, 0.4) is 0 Å². The SMILES string of the molecule is CN(C(=O)c1csc(CN)n1)c1cccc(O)c1. The Kier molecular flexibility index (Phi) is 3.59. The Morgan fingerprint density at radius 2 is 2.33 bits per heavy atom. The molecular formula is C12H13N3O2S. The van der Waals surface area contributed by atoms with Crippen molar-refractivity contribution in [2.45, 2.75) is 6.54 Å². The van der Waals surface area contributed by atoms with Crippen molar-refractivity contribution in [3.05, 3.63) is 40.3 Å². The third kappa shape index (κ3) is 2.49. The van der Waals surface area contributed by atoms with Gasteiger partial charge in [0.1, 0.15) is 16.5 Å². The number of hydrogen-bond acceptors (Lipinski definition) is 5. The smallest absolute Gasteiger partial charge is 0.277 e.